The summed E-state index contributed by atoms with van der Waals surface area (Å²) in [6.45, 7) is 0.244. The summed E-state index contributed by atoms with van der Waals surface area (Å²) >= 11 is 1.25. The van der Waals surface area contributed by atoms with E-state index in [1.807, 2.05) is 54.6 Å². The average molecular weight is 480 g/mol. The number of aromatic hydroxyl groups is 1. The molecule has 1 aromatic heterocycles. The molecule has 7 heteroatoms. The van der Waals surface area contributed by atoms with Crippen LogP contribution in [0.3, 0.4) is 0 Å². The van der Waals surface area contributed by atoms with Crippen LogP contribution < -0.4 is 0 Å². The van der Waals surface area contributed by atoms with E-state index in [-0.39, 0.29) is 18.2 Å². The molecule has 1 N–H and O–H groups in total. The Balaban J connectivity index is 1.41. The number of phenols is 1. The van der Waals surface area contributed by atoms with E-state index in [1.165, 1.54) is 22.9 Å². The summed E-state index contributed by atoms with van der Waals surface area (Å²) in [5.74, 6) is 0.582. The Morgan fingerprint density at radius 2 is 1.63 bits per heavy atom. The molecule has 0 saturated carbocycles. The number of thioether (sulfide) groups is 1. The molecule has 0 unspecified atom stereocenters. The lowest BCUT2D eigenvalue weighted by atomic mass is 10.0. The van der Waals surface area contributed by atoms with Crippen LogP contribution in [0.15, 0.2) is 117 Å². The number of furan rings is 1. The van der Waals surface area contributed by atoms with Gasteiger partial charge in [-0.1, -0.05) is 66.7 Å². The Morgan fingerprint density at radius 3 is 2.37 bits per heavy atom. The summed E-state index contributed by atoms with van der Waals surface area (Å²) in [5.41, 5.74) is 3.70. The monoisotopic (exact) mass is 479 g/mol. The standard InChI is InChI=1S/C28H21N3O3S/c32-25-11-5-4-9-23(25)18-29-30-28-31(19-24-10-6-16-34-24)27(33)26(35-28)17-20-12-14-22(15-13-20)21-7-2-1-3-8-21/h1-18,32H,19H2/b26-17-,29-18+,30-28-. The summed E-state index contributed by atoms with van der Waals surface area (Å²) in [6.07, 6.45) is 4.88. The zero-order chi connectivity index (χ0) is 24.0. The molecule has 2 heterocycles. The third-order valence-electron chi connectivity index (χ3n) is 5.37. The topological polar surface area (TPSA) is 78.4 Å². The normalized spacial score (nSPS) is 16.1. The van der Waals surface area contributed by atoms with Gasteiger partial charge in [-0.25, -0.2) is 0 Å². The third kappa shape index (κ3) is 5.26. The van der Waals surface area contributed by atoms with E-state index in [0.29, 0.717) is 21.4 Å². The maximum atomic E-state index is 13.2. The van der Waals surface area contributed by atoms with Gasteiger partial charge in [0.05, 0.1) is 23.9 Å². The van der Waals surface area contributed by atoms with Gasteiger partial charge in [0, 0.05) is 5.56 Å². The Bertz CT molecular complexity index is 1410. The molecule has 3 aromatic carbocycles. The van der Waals surface area contributed by atoms with Gasteiger partial charge < -0.3 is 9.52 Å². The Hall–Kier alpha value is -4.36. The van der Waals surface area contributed by atoms with Crippen molar-refractivity contribution >= 4 is 35.1 Å². The second kappa shape index (κ2) is 10.3. The molecule has 0 aliphatic carbocycles. The fourth-order valence-electron chi connectivity index (χ4n) is 3.57. The lowest BCUT2D eigenvalue weighted by Crippen LogP contribution is -2.28. The van der Waals surface area contributed by atoms with Gasteiger partial charge in [-0.15, -0.1) is 5.10 Å². The quantitative estimate of drug-likeness (QED) is 0.204. The molecule has 1 fully saturated rings. The van der Waals surface area contributed by atoms with Crippen molar-refractivity contribution in [2.45, 2.75) is 6.54 Å². The molecule has 172 valence electrons. The van der Waals surface area contributed by atoms with E-state index in [0.717, 1.165) is 16.7 Å². The predicted octanol–water partition coefficient (Wildman–Crippen LogP) is 6.16. The van der Waals surface area contributed by atoms with Crippen LogP contribution in [0.25, 0.3) is 17.2 Å². The molecule has 0 radical (unpaired) electrons. The summed E-state index contributed by atoms with van der Waals surface area (Å²) in [6, 6.07) is 28.6. The fraction of sp³-hybridized carbons (Fsp3) is 0.0357. The van der Waals surface area contributed by atoms with Crippen LogP contribution in [0, 0.1) is 0 Å². The number of amidine groups is 1. The van der Waals surface area contributed by atoms with Gasteiger partial charge in [0.1, 0.15) is 11.5 Å². The van der Waals surface area contributed by atoms with Crippen LogP contribution in [-0.2, 0) is 11.3 Å². The molecule has 6 nitrogen and oxygen atoms in total. The lowest BCUT2D eigenvalue weighted by molar-refractivity contribution is -0.122. The fourth-order valence-corrected chi connectivity index (χ4v) is 4.51. The van der Waals surface area contributed by atoms with Gasteiger partial charge in [-0.3, -0.25) is 9.69 Å². The second-order valence-electron chi connectivity index (χ2n) is 7.76. The minimum absolute atomic E-state index is 0.110. The minimum Gasteiger partial charge on any atom is -0.507 e. The maximum absolute atomic E-state index is 13.2. The first-order valence-corrected chi connectivity index (χ1v) is 11.8. The van der Waals surface area contributed by atoms with Gasteiger partial charge in [-0.2, -0.15) is 5.10 Å². The van der Waals surface area contributed by atoms with Crippen molar-refractivity contribution in [3.8, 4) is 16.9 Å². The average Bonchev–Trinajstić information content (AvgIpc) is 3.51. The summed E-state index contributed by atoms with van der Waals surface area (Å²) in [4.78, 5) is 15.3. The summed E-state index contributed by atoms with van der Waals surface area (Å²) < 4.78 is 5.44. The molecule has 1 aliphatic heterocycles. The Labute approximate surface area is 206 Å². The van der Waals surface area contributed by atoms with E-state index < -0.39 is 0 Å². The first kappa shape index (κ1) is 22.4. The smallest absolute Gasteiger partial charge is 0.267 e. The van der Waals surface area contributed by atoms with Gasteiger partial charge in [0.15, 0.2) is 5.17 Å². The van der Waals surface area contributed by atoms with Crippen molar-refractivity contribution in [1.29, 1.82) is 0 Å². The number of carbonyl (C=O) groups is 1. The van der Waals surface area contributed by atoms with Crippen molar-refractivity contribution in [2.24, 2.45) is 10.2 Å². The van der Waals surface area contributed by atoms with E-state index in [2.05, 4.69) is 22.3 Å². The Morgan fingerprint density at radius 1 is 0.886 bits per heavy atom. The molecule has 1 saturated heterocycles. The number of hydrogen-bond donors (Lipinski definition) is 1. The number of carbonyl (C=O) groups excluding carboxylic acids is 1. The SMILES string of the molecule is O=C1/C(=C/c2ccc(-c3ccccc3)cc2)S/C(=N\N=C\c2ccccc2O)N1Cc1ccco1. The van der Waals surface area contributed by atoms with Crippen molar-refractivity contribution in [2.75, 3.05) is 0 Å². The number of rotatable bonds is 6. The first-order chi connectivity index (χ1) is 17.2. The number of nitrogens with zero attached hydrogens (tertiary/aromatic N) is 3. The van der Waals surface area contributed by atoms with Gasteiger partial charge in [0.2, 0.25) is 0 Å². The molecule has 1 aliphatic rings. The van der Waals surface area contributed by atoms with Crippen molar-refractivity contribution in [3.05, 3.63) is 119 Å². The zero-order valence-corrected chi connectivity index (χ0v) is 19.4. The maximum Gasteiger partial charge on any atom is 0.267 e. The molecular weight excluding hydrogens is 458 g/mol. The lowest BCUT2D eigenvalue weighted by Gasteiger charge is -2.12. The van der Waals surface area contributed by atoms with Crippen LogP contribution in [0.1, 0.15) is 16.9 Å². The van der Waals surface area contributed by atoms with E-state index >= 15 is 0 Å². The van der Waals surface area contributed by atoms with Crippen LogP contribution in [-0.4, -0.2) is 27.3 Å². The van der Waals surface area contributed by atoms with Gasteiger partial charge >= 0.3 is 0 Å². The summed E-state index contributed by atoms with van der Waals surface area (Å²) in [7, 11) is 0. The highest BCUT2D eigenvalue weighted by Gasteiger charge is 2.34. The molecule has 35 heavy (non-hydrogen) atoms. The van der Waals surface area contributed by atoms with Crippen molar-refractivity contribution in [3.63, 3.8) is 0 Å². The highest BCUT2D eigenvalue weighted by molar-refractivity contribution is 8.18. The number of phenolic OH excluding ortho intramolecular Hbond substituents is 1. The number of amides is 1. The molecule has 1 amide bonds. The van der Waals surface area contributed by atoms with Crippen molar-refractivity contribution in [1.82, 2.24) is 4.90 Å². The predicted molar refractivity (Wildman–Crippen MR) is 140 cm³/mol. The molecule has 0 spiro atoms. The highest BCUT2D eigenvalue weighted by Crippen LogP contribution is 2.34. The van der Waals surface area contributed by atoms with Gasteiger partial charge in [0.25, 0.3) is 5.91 Å². The first-order valence-electron chi connectivity index (χ1n) is 11.0. The third-order valence-corrected chi connectivity index (χ3v) is 6.37. The van der Waals surface area contributed by atoms with Crippen molar-refractivity contribution < 1.29 is 14.3 Å². The van der Waals surface area contributed by atoms with E-state index in [4.69, 9.17) is 4.42 Å². The van der Waals surface area contributed by atoms with Crippen LogP contribution in [0.5, 0.6) is 5.75 Å². The molecular formula is C28H21N3O3S. The van der Waals surface area contributed by atoms with Gasteiger partial charge in [-0.05, 0) is 58.8 Å². The van der Waals surface area contributed by atoms with Crippen LogP contribution in [0.4, 0.5) is 0 Å². The molecule has 0 bridgehead atoms. The van der Waals surface area contributed by atoms with Crippen LogP contribution in [0.2, 0.25) is 0 Å². The number of benzene rings is 3. The number of para-hydroxylation sites is 1. The number of hydrogen-bond acceptors (Lipinski definition) is 6. The molecule has 5 rings (SSSR count). The highest BCUT2D eigenvalue weighted by atomic mass is 32.2. The largest absolute Gasteiger partial charge is 0.507 e. The minimum atomic E-state index is -0.171. The van der Waals surface area contributed by atoms with E-state index in [1.54, 1.807) is 36.6 Å². The van der Waals surface area contributed by atoms with E-state index in [9.17, 15) is 9.90 Å². The Kier molecular flexibility index (Phi) is 6.59. The van der Waals surface area contributed by atoms with Crippen LogP contribution >= 0.6 is 11.8 Å². The molecule has 4 aromatic rings. The summed E-state index contributed by atoms with van der Waals surface area (Å²) in [5, 5.41) is 18.8. The zero-order valence-electron chi connectivity index (χ0n) is 18.6. The molecule has 0 atom stereocenters. The second-order valence-corrected chi connectivity index (χ2v) is 8.76.